The SMILES string of the molecule is CNc1nc(N(CCO)CC(F)F)c2cc(C)sc2n1. The van der Waals surface area contributed by atoms with Crippen LogP contribution < -0.4 is 10.2 Å². The molecule has 110 valence electrons. The molecule has 0 aliphatic rings. The number of halogens is 2. The molecule has 0 aliphatic heterocycles. The highest BCUT2D eigenvalue weighted by Crippen LogP contribution is 2.31. The maximum Gasteiger partial charge on any atom is 0.255 e. The number of aliphatic hydroxyl groups excluding tert-OH is 1. The largest absolute Gasteiger partial charge is 0.395 e. The summed E-state index contributed by atoms with van der Waals surface area (Å²) in [6.07, 6.45) is -2.50. The predicted molar refractivity (Wildman–Crippen MR) is 77.0 cm³/mol. The lowest BCUT2D eigenvalue weighted by molar-refractivity contribution is 0.152. The number of aliphatic hydroxyl groups is 1. The summed E-state index contributed by atoms with van der Waals surface area (Å²) in [5, 5.41) is 12.6. The van der Waals surface area contributed by atoms with Crippen molar-refractivity contribution >= 4 is 33.3 Å². The summed E-state index contributed by atoms with van der Waals surface area (Å²) < 4.78 is 25.4. The van der Waals surface area contributed by atoms with Crippen LogP contribution in [0.1, 0.15) is 4.88 Å². The van der Waals surface area contributed by atoms with Crippen LogP contribution in [0.15, 0.2) is 6.07 Å². The summed E-state index contributed by atoms with van der Waals surface area (Å²) in [5.74, 6) is 0.810. The number of rotatable bonds is 6. The van der Waals surface area contributed by atoms with Crippen LogP contribution in [-0.4, -0.2) is 48.2 Å². The van der Waals surface area contributed by atoms with Crippen molar-refractivity contribution in [2.24, 2.45) is 0 Å². The Morgan fingerprint density at radius 2 is 2.20 bits per heavy atom. The van der Waals surface area contributed by atoms with Gasteiger partial charge in [0.2, 0.25) is 5.95 Å². The van der Waals surface area contributed by atoms with Crippen LogP contribution in [0.3, 0.4) is 0 Å². The van der Waals surface area contributed by atoms with Gasteiger partial charge in [-0.25, -0.2) is 13.8 Å². The predicted octanol–water partition coefficient (Wildman–Crippen LogP) is 2.11. The van der Waals surface area contributed by atoms with E-state index in [0.717, 1.165) is 15.1 Å². The molecule has 0 aliphatic carbocycles. The summed E-state index contributed by atoms with van der Waals surface area (Å²) in [6, 6.07) is 1.88. The molecule has 5 nitrogen and oxygen atoms in total. The Balaban J connectivity index is 2.52. The van der Waals surface area contributed by atoms with E-state index in [9.17, 15) is 8.78 Å². The molecule has 8 heteroatoms. The van der Waals surface area contributed by atoms with Crippen molar-refractivity contribution in [3.05, 3.63) is 10.9 Å². The molecule has 20 heavy (non-hydrogen) atoms. The third-order valence-corrected chi connectivity index (χ3v) is 3.69. The van der Waals surface area contributed by atoms with Crippen molar-refractivity contribution < 1.29 is 13.9 Å². The van der Waals surface area contributed by atoms with Crippen LogP contribution in [0.25, 0.3) is 10.2 Å². The molecule has 0 fully saturated rings. The van der Waals surface area contributed by atoms with Gasteiger partial charge in [0.1, 0.15) is 10.6 Å². The highest BCUT2D eigenvalue weighted by Gasteiger charge is 2.19. The Morgan fingerprint density at radius 1 is 1.45 bits per heavy atom. The smallest absolute Gasteiger partial charge is 0.255 e. The highest BCUT2D eigenvalue weighted by atomic mass is 32.1. The minimum absolute atomic E-state index is 0.106. The number of aryl methyl sites for hydroxylation is 1. The Hall–Kier alpha value is -1.54. The Kier molecular flexibility index (Phi) is 4.66. The van der Waals surface area contributed by atoms with E-state index in [-0.39, 0.29) is 13.2 Å². The molecule has 0 saturated heterocycles. The number of nitrogens with zero attached hydrogens (tertiary/aromatic N) is 3. The second-order valence-electron chi connectivity index (χ2n) is 4.26. The second-order valence-corrected chi connectivity index (χ2v) is 5.49. The number of anilines is 2. The molecular formula is C12H16F2N4OS. The Morgan fingerprint density at radius 3 is 2.80 bits per heavy atom. The average molecular weight is 302 g/mol. The maximum atomic E-state index is 12.7. The van der Waals surface area contributed by atoms with Crippen LogP contribution in [0.5, 0.6) is 0 Å². The van der Waals surface area contributed by atoms with Crippen molar-refractivity contribution in [2.75, 3.05) is 37.0 Å². The molecule has 0 unspecified atom stereocenters. The van der Waals surface area contributed by atoms with Gasteiger partial charge < -0.3 is 15.3 Å². The van der Waals surface area contributed by atoms with E-state index >= 15 is 0 Å². The summed E-state index contributed by atoms with van der Waals surface area (Å²) in [6.45, 7) is 1.36. The van der Waals surface area contributed by atoms with E-state index in [2.05, 4.69) is 15.3 Å². The van der Waals surface area contributed by atoms with Gasteiger partial charge in [-0.1, -0.05) is 0 Å². The van der Waals surface area contributed by atoms with Crippen molar-refractivity contribution in [3.63, 3.8) is 0 Å². The van der Waals surface area contributed by atoms with Gasteiger partial charge >= 0.3 is 0 Å². The van der Waals surface area contributed by atoms with Crippen LogP contribution >= 0.6 is 11.3 Å². The third kappa shape index (κ3) is 3.13. The van der Waals surface area contributed by atoms with Gasteiger partial charge in [-0.15, -0.1) is 11.3 Å². The topological polar surface area (TPSA) is 61.3 Å². The van der Waals surface area contributed by atoms with Crippen LogP contribution in [0.2, 0.25) is 0 Å². The lowest BCUT2D eigenvalue weighted by Crippen LogP contribution is -2.32. The molecule has 0 amide bonds. The molecule has 0 aromatic carbocycles. The van der Waals surface area contributed by atoms with Crippen LogP contribution in [0.4, 0.5) is 20.5 Å². The van der Waals surface area contributed by atoms with Gasteiger partial charge in [0.25, 0.3) is 6.43 Å². The highest BCUT2D eigenvalue weighted by molar-refractivity contribution is 7.18. The molecule has 2 heterocycles. The number of aromatic nitrogens is 2. The number of alkyl halides is 2. The maximum absolute atomic E-state index is 12.7. The first kappa shape index (κ1) is 14.9. The van der Waals surface area contributed by atoms with Crippen LogP contribution in [-0.2, 0) is 0 Å². The van der Waals surface area contributed by atoms with E-state index in [4.69, 9.17) is 5.11 Å². The van der Waals surface area contributed by atoms with E-state index in [0.29, 0.717) is 11.8 Å². The first-order chi connectivity index (χ1) is 9.55. The van der Waals surface area contributed by atoms with Crippen LogP contribution in [0, 0.1) is 6.92 Å². The van der Waals surface area contributed by atoms with Gasteiger partial charge in [-0.2, -0.15) is 4.98 Å². The van der Waals surface area contributed by atoms with E-state index in [1.807, 2.05) is 13.0 Å². The summed E-state index contributed by atoms with van der Waals surface area (Å²) in [5.41, 5.74) is 0. The summed E-state index contributed by atoms with van der Waals surface area (Å²) in [7, 11) is 1.68. The van der Waals surface area contributed by atoms with Crippen molar-refractivity contribution in [3.8, 4) is 0 Å². The lowest BCUT2D eigenvalue weighted by atomic mass is 10.3. The minimum atomic E-state index is -2.50. The summed E-state index contributed by atoms with van der Waals surface area (Å²) >= 11 is 1.48. The monoisotopic (exact) mass is 302 g/mol. The molecule has 2 rings (SSSR count). The first-order valence-corrected chi connectivity index (χ1v) is 6.96. The van der Waals surface area contributed by atoms with Gasteiger partial charge in [0.15, 0.2) is 0 Å². The zero-order valence-corrected chi connectivity index (χ0v) is 12.0. The second kappa shape index (κ2) is 6.27. The number of hydrogen-bond acceptors (Lipinski definition) is 6. The van der Waals surface area contributed by atoms with Crippen molar-refractivity contribution in [1.29, 1.82) is 0 Å². The molecule has 0 atom stereocenters. The molecule has 0 bridgehead atoms. The van der Waals surface area contributed by atoms with E-state index in [1.165, 1.54) is 16.2 Å². The standard InChI is InChI=1S/C12H16F2N4OS/c1-7-5-8-10(18(3-4-19)6-9(13)14)16-12(15-2)17-11(8)20-7/h5,9,19H,3-4,6H2,1-2H3,(H,15,16,17). The Labute approximate surface area is 119 Å². The normalized spacial score (nSPS) is 11.3. The third-order valence-electron chi connectivity index (χ3n) is 2.75. The fourth-order valence-corrected chi connectivity index (χ4v) is 2.82. The lowest BCUT2D eigenvalue weighted by Gasteiger charge is -2.23. The quantitative estimate of drug-likeness (QED) is 0.856. The molecule has 2 N–H and O–H groups in total. The molecule has 2 aromatic rings. The number of thiophene rings is 1. The molecule has 0 radical (unpaired) electrons. The molecule has 0 saturated carbocycles. The zero-order valence-electron chi connectivity index (χ0n) is 11.2. The van der Waals surface area contributed by atoms with Gasteiger partial charge in [0.05, 0.1) is 18.5 Å². The first-order valence-electron chi connectivity index (χ1n) is 6.15. The van der Waals surface area contributed by atoms with Crippen molar-refractivity contribution in [1.82, 2.24) is 9.97 Å². The number of fused-ring (bicyclic) bond motifs is 1. The molecule has 0 spiro atoms. The van der Waals surface area contributed by atoms with E-state index in [1.54, 1.807) is 7.05 Å². The van der Waals surface area contributed by atoms with E-state index < -0.39 is 13.0 Å². The summed E-state index contributed by atoms with van der Waals surface area (Å²) in [4.78, 5) is 11.8. The zero-order chi connectivity index (χ0) is 14.7. The minimum Gasteiger partial charge on any atom is -0.395 e. The Bertz CT molecular complexity index is 590. The fourth-order valence-electron chi connectivity index (χ4n) is 1.95. The molecular weight excluding hydrogens is 286 g/mol. The number of nitrogens with one attached hydrogen (secondary N) is 1. The number of hydrogen-bond donors (Lipinski definition) is 2. The van der Waals surface area contributed by atoms with Gasteiger partial charge in [-0.3, -0.25) is 0 Å². The average Bonchev–Trinajstić information content (AvgIpc) is 2.76. The van der Waals surface area contributed by atoms with Gasteiger partial charge in [0, 0.05) is 18.5 Å². The molecule has 2 aromatic heterocycles. The fraction of sp³-hybridized carbons (Fsp3) is 0.500. The van der Waals surface area contributed by atoms with Crippen molar-refractivity contribution in [2.45, 2.75) is 13.3 Å². The van der Waals surface area contributed by atoms with Gasteiger partial charge in [-0.05, 0) is 13.0 Å².